The Hall–Kier alpha value is -1.06. The van der Waals surface area contributed by atoms with Crippen LogP contribution in [0.2, 0.25) is 0 Å². The molecule has 0 amide bonds. The number of hydrogen-bond donors (Lipinski definition) is 2. The summed E-state index contributed by atoms with van der Waals surface area (Å²) in [5, 5.41) is 3.32. The average molecular weight is 206 g/mol. The van der Waals surface area contributed by atoms with E-state index in [9.17, 15) is 0 Å². The Morgan fingerprint density at radius 3 is 2.47 bits per heavy atom. The van der Waals surface area contributed by atoms with Crippen molar-refractivity contribution in [1.29, 1.82) is 0 Å². The van der Waals surface area contributed by atoms with Crippen molar-refractivity contribution in [3.8, 4) is 5.75 Å². The van der Waals surface area contributed by atoms with Gasteiger partial charge in [-0.05, 0) is 43.6 Å². The smallest absolute Gasteiger partial charge is 0.119 e. The van der Waals surface area contributed by atoms with Crippen LogP contribution in [0.1, 0.15) is 18.4 Å². The van der Waals surface area contributed by atoms with Crippen molar-refractivity contribution in [3.63, 3.8) is 0 Å². The van der Waals surface area contributed by atoms with Crippen molar-refractivity contribution in [1.82, 2.24) is 5.32 Å². The lowest BCUT2D eigenvalue weighted by Crippen LogP contribution is -2.34. The quantitative estimate of drug-likeness (QED) is 0.783. The van der Waals surface area contributed by atoms with E-state index >= 15 is 0 Å². The van der Waals surface area contributed by atoms with E-state index in [-0.39, 0.29) is 0 Å². The molecule has 2 rings (SSSR count). The molecule has 0 bridgehead atoms. The third-order valence-corrected chi connectivity index (χ3v) is 2.75. The van der Waals surface area contributed by atoms with Crippen LogP contribution < -0.4 is 15.8 Å². The van der Waals surface area contributed by atoms with Gasteiger partial charge in [-0.25, -0.2) is 0 Å². The average Bonchev–Trinajstić information content (AvgIpc) is 2.31. The van der Waals surface area contributed by atoms with Gasteiger partial charge in [0.05, 0.1) is 0 Å². The van der Waals surface area contributed by atoms with E-state index in [4.69, 9.17) is 10.5 Å². The first-order chi connectivity index (χ1) is 7.38. The molecule has 0 saturated carbocycles. The second-order valence-electron chi connectivity index (χ2n) is 3.92. The van der Waals surface area contributed by atoms with Crippen LogP contribution >= 0.6 is 0 Å². The molecule has 0 unspecified atom stereocenters. The summed E-state index contributed by atoms with van der Waals surface area (Å²) in [5.74, 6) is 0.958. The number of benzene rings is 1. The van der Waals surface area contributed by atoms with Gasteiger partial charge in [0, 0.05) is 6.54 Å². The Labute approximate surface area is 90.6 Å². The van der Waals surface area contributed by atoms with Crippen LogP contribution in [0.4, 0.5) is 0 Å². The van der Waals surface area contributed by atoms with E-state index in [1.54, 1.807) is 0 Å². The first-order valence-electron chi connectivity index (χ1n) is 5.55. The second kappa shape index (κ2) is 5.14. The van der Waals surface area contributed by atoms with Crippen LogP contribution in [0.15, 0.2) is 24.3 Å². The molecule has 3 N–H and O–H groups in total. The van der Waals surface area contributed by atoms with Crippen molar-refractivity contribution in [2.24, 2.45) is 5.73 Å². The van der Waals surface area contributed by atoms with Gasteiger partial charge in [0.25, 0.3) is 0 Å². The third-order valence-electron chi connectivity index (χ3n) is 2.75. The molecule has 1 saturated heterocycles. The zero-order chi connectivity index (χ0) is 10.5. The monoisotopic (exact) mass is 206 g/mol. The number of piperidine rings is 1. The Kier molecular flexibility index (Phi) is 3.59. The zero-order valence-corrected chi connectivity index (χ0v) is 8.91. The van der Waals surface area contributed by atoms with Crippen molar-refractivity contribution in [2.45, 2.75) is 25.5 Å². The number of nitrogens with one attached hydrogen (secondary N) is 1. The first kappa shape index (κ1) is 10.5. The summed E-state index contributed by atoms with van der Waals surface area (Å²) < 4.78 is 5.87. The molecular weight excluding hydrogens is 188 g/mol. The summed E-state index contributed by atoms with van der Waals surface area (Å²) in [6.45, 7) is 2.71. The summed E-state index contributed by atoms with van der Waals surface area (Å²) in [6.07, 6.45) is 2.56. The minimum atomic E-state index is 0.370. The standard InChI is InChI=1S/C12H18N2O/c13-9-10-1-3-11(4-2-10)15-12-5-7-14-8-6-12/h1-4,12,14H,5-9,13H2. The summed E-state index contributed by atoms with van der Waals surface area (Å²) >= 11 is 0. The number of rotatable bonds is 3. The number of nitrogens with two attached hydrogens (primary N) is 1. The summed E-state index contributed by atoms with van der Waals surface area (Å²) in [4.78, 5) is 0. The van der Waals surface area contributed by atoms with Crippen LogP contribution in [0.5, 0.6) is 5.75 Å². The highest BCUT2D eigenvalue weighted by molar-refractivity contribution is 5.27. The van der Waals surface area contributed by atoms with Crippen molar-refractivity contribution in [2.75, 3.05) is 13.1 Å². The number of hydrogen-bond acceptors (Lipinski definition) is 3. The molecule has 82 valence electrons. The molecule has 1 aromatic carbocycles. The highest BCUT2D eigenvalue weighted by atomic mass is 16.5. The van der Waals surface area contributed by atoms with Gasteiger partial charge in [0.1, 0.15) is 11.9 Å². The summed E-state index contributed by atoms with van der Waals surface area (Å²) in [7, 11) is 0. The maximum absolute atomic E-state index is 5.87. The van der Waals surface area contributed by atoms with Crippen molar-refractivity contribution >= 4 is 0 Å². The van der Waals surface area contributed by atoms with Crippen LogP contribution in [-0.2, 0) is 6.54 Å². The summed E-state index contributed by atoms with van der Waals surface area (Å²) in [6, 6.07) is 8.06. The number of ether oxygens (including phenoxy) is 1. The molecule has 1 heterocycles. The van der Waals surface area contributed by atoms with Gasteiger partial charge in [-0.1, -0.05) is 12.1 Å². The lowest BCUT2D eigenvalue weighted by molar-refractivity contribution is 0.162. The predicted octanol–water partition coefficient (Wildman–Crippen LogP) is 1.28. The molecule has 0 aliphatic carbocycles. The third kappa shape index (κ3) is 2.94. The molecule has 1 aromatic rings. The second-order valence-corrected chi connectivity index (χ2v) is 3.92. The minimum absolute atomic E-state index is 0.370. The van der Waals surface area contributed by atoms with E-state index in [0.717, 1.165) is 37.2 Å². The maximum Gasteiger partial charge on any atom is 0.119 e. The Bertz CT molecular complexity index is 291. The SMILES string of the molecule is NCc1ccc(OC2CCNCC2)cc1. The van der Waals surface area contributed by atoms with Gasteiger partial charge in [0.15, 0.2) is 0 Å². The van der Waals surface area contributed by atoms with Crippen molar-refractivity contribution < 1.29 is 4.74 Å². The van der Waals surface area contributed by atoms with Gasteiger partial charge in [0.2, 0.25) is 0 Å². The Morgan fingerprint density at radius 1 is 1.20 bits per heavy atom. The molecular formula is C12H18N2O. The van der Waals surface area contributed by atoms with Gasteiger partial charge < -0.3 is 15.8 Å². The topological polar surface area (TPSA) is 47.3 Å². The Morgan fingerprint density at radius 2 is 1.87 bits per heavy atom. The molecule has 3 heteroatoms. The van der Waals surface area contributed by atoms with E-state index < -0.39 is 0 Å². The van der Waals surface area contributed by atoms with E-state index in [1.807, 2.05) is 24.3 Å². The maximum atomic E-state index is 5.87. The van der Waals surface area contributed by atoms with E-state index in [0.29, 0.717) is 12.6 Å². The lowest BCUT2D eigenvalue weighted by atomic mass is 10.1. The van der Waals surface area contributed by atoms with Gasteiger partial charge >= 0.3 is 0 Å². The highest BCUT2D eigenvalue weighted by Crippen LogP contribution is 2.17. The van der Waals surface area contributed by atoms with Crippen LogP contribution in [0, 0.1) is 0 Å². The largest absolute Gasteiger partial charge is 0.490 e. The molecule has 1 aliphatic rings. The van der Waals surface area contributed by atoms with Gasteiger partial charge in [-0.3, -0.25) is 0 Å². The Balaban J connectivity index is 1.91. The lowest BCUT2D eigenvalue weighted by Gasteiger charge is -2.23. The first-order valence-corrected chi connectivity index (χ1v) is 5.55. The fraction of sp³-hybridized carbons (Fsp3) is 0.500. The van der Waals surface area contributed by atoms with Gasteiger partial charge in [-0.15, -0.1) is 0 Å². The molecule has 1 aliphatic heterocycles. The minimum Gasteiger partial charge on any atom is -0.490 e. The van der Waals surface area contributed by atoms with Crippen LogP contribution in [0.3, 0.4) is 0 Å². The fourth-order valence-corrected chi connectivity index (χ4v) is 1.81. The molecule has 15 heavy (non-hydrogen) atoms. The molecule has 1 fully saturated rings. The van der Waals surface area contributed by atoms with Crippen molar-refractivity contribution in [3.05, 3.63) is 29.8 Å². The normalized spacial score (nSPS) is 17.7. The van der Waals surface area contributed by atoms with Gasteiger partial charge in [-0.2, -0.15) is 0 Å². The molecule has 0 spiro atoms. The predicted molar refractivity (Wildman–Crippen MR) is 60.9 cm³/mol. The summed E-state index contributed by atoms with van der Waals surface area (Å²) in [5.41, 5.74) is 6.68. The highest BCUT2D eigenvalue weighted by Gasteiger charge is 2.13. The van der Waals surface area contributed by atoms with Crippen LogP contribution in [0.25, 0.3) is 0 Å². The molecule has 0 radical (unpaired) electrons. The van der Waals surface area contributed by atoms with E-state index in [2.05, 4.69) is 5.32 Å². The zero-order valence-electron chi connectivity index (χ0n) is 8.91. The van der Waals surface area contributed by atoms with Crippen LogP contribution in [-0.4, -0.2) is 19.2 Å². The molecule has 0 atom stereocenters. The molecule has 0 aromatic heterocycles. The fourth-order valence-electron chi connectivity index (χ4n) is 1.81. The van der Waals surface area contributed by atoms with E-state index in [1.165, 1.54) is 0 Å². The molecule has 3 nitrogen and oxygen atoms in total.